The van der Waals surface area contributed by atoms with E-state index in [4.69, 9.17) is 0 Å². The predicted molar refractivity (Wildman–Crippen MR) is 98.6 cm³/mol. The Kier molecular flexibility index (Phi) is 4.70. The van der Waals surface area contributed by atoms with Gasteiger partial charge in [-0.2, -0.15) is 0 Å². The predicted octanol–water partition coefficient (Wildman–Crippen LogP) is 1.67. The number of H-pyrrole nitrogens is 2. The number of rotatable bonds is 4. The van der Waals surface area contributed by atoms with Gasteiger partial charge in [-0.25, -0.2) is 9.78 Å². The van der Waals surface area contributed by atoms with Crippen molar-refractivity contribution >= 4 is 34.3 Å². The summed E-state index contributed by atoms with van der Waals surface area (Å²) in [6, 6.07) is 6.61. The lowest BCUT2D eigenvalue weighted by Gasteiger charge is -2.18. The molecule has 0 aliphatic rings. The van der Waals surface area contributed by atoms with Gasteiger partial charge in [0.05, 0.1) is 17.3 Å². The summed E-state index contributed by atoms with van der Waals surface area (Å²) in [6.07, 6.45) is 2.70. The summed E-state index contributed by atoms with van der Waals surface area (Å²) < 4.78 is 0. The Bertz CT molecular complexity index is 1020. The molecule has 0 radical (unpaired) electrons. The van der Waals surface area contributed by atoms with Crippen molar-refractivity contribution in [3.05, 3.63) is 52.7 Å². The molecule has 0 saturated carbocycles. The number of carbonyl (C=O) groups excluding carboxylic acids is 2. The lowest BCUT2D eigenvalue weighted by molar-refractivity contribution is 0.102. The van der Waals surface area contributed by atoms with E-state index in [0.29, 0.717) is 23.6 Å². The molecule has 3 rings (SSSR count). The number of carbonyl (C=O) groups is 2. The van der Waals surface area contributed by atoms with Gasteiger partial charge in [0.25, 0.3) is 11.5 Å². The Morgan fingerprint density at radius 3 is 2.85 bits per heavy atom. The monoisotopic (exact) mass is 354 g/mol. The van der Waals surface area contributed by atoms with E-state index in [-0.39, 0.29) is 17.0 Å². The highest BCUT2D eigenvalue weighted by Gasteiger charge is 2.16. The number of amides is 3. The minimum absolute atomic E-state index is 0.192. The van der Waals surface area contributed by atoms with Crippen LogP contribution in [0.3, 0.4) is 0 Å². The van der Waals surface area contributed by atoms with Crippen LogP contribution in [-0.2, 0) is 0 Å². The highest BCUT2D eigenvalue weighted by atomic mass is 16.2. The van der Waals surface area contributed by atoms with Crippen LogP contribution < -0.4 is 21.1 Å². The normalized spacial score (nSPS) is 10.5. The minimum atomic E-state index is -0.451. The molecule has 0 unspecified atom stereocenters. The summed E-state index contributed by atoms with van der Waals surface area (Å²) in [5.41, 5.74) is 1.25. The highest BCUT2D eigenvalue weighted by molar-refractivity contribution is 6.12. The van der Waals surface area contributed by atoms with Crippen molar-refractivity contribution < 1.29 is 9.59 Å². The van der Waals surface area contributed by atoms with Gasteiger partial charge < -0.3 is 20.6 Å². The first kappa shape index (κ1) is 17.2. The molecule has 0 saturated heterocycles. The number of hydrogen-bond donors (Lipinski definition) is 4. The fraction of sp³-hybridized carbons (Fsp3) is 0.176. The standard InChI is InChI=1S/C17H18N6O3/c1-3-18-17(26)23(2)11-6-4-5-10(7-11)22-15(24)12-8-19-14-13(12)16(25)21-9-20-14/h4-9H,3H2,1-2H3,(H,18,26)(H,22,24)(H2,19,20,21,25). The lowest BCUT2D eigenvalue weighted by Crippen LogP contribution is -2.37. The first-order chi connectivity index (χ1) is 12.5. The van der Waals surface area contributed by atoms with Crippen molar-refractivity contribution in [2.75, 3.05) is 23.8 Å². The van der Waals surface area contributed by atoms with Crippen LogP contribution >= 0.6 is 0 Å². The molecule has 1 aromatic carbocycles. The van der Waals surface area contributed by atoms with Crippen LogP contribution in [0, 0.1) is 0 Å². The highest BCUT2D eigenvalue weighted by Crippen LogP contribution is 2.20. The quantitative estimate of drug-likeness (QED) is 0.569. The van der Waals surface area contributed by atoms with Crippen LogP contribution in [0.5, 0.6) is 0 Å². The van der Waals surface area contributed by atoms with Gasteiger partial charge in [0.1, 0.15) is 5.65 Å². The fourth-order valence-electron chi connectivity index (χ4n) is 2.53. The van der Waals surface area contributed by atoms with Crippen molar-refractivity contribution in [3.63, 3.8) is 0 Å². The topological polar surface area (TPSA) is 123 Å². The molecular weight excluding hydrogens is 336 g/mol. The van der Waals surface area contributed by atoms with Crippen molar-refractivity contribution in [1.29, 1.82) is 0 Å². The van der Waals surface area contributed by atoms with Crippen molar-refractivity contribution in [3.8, 4) is 0 Å². The summed E-state index contributed by atoms with van der Waals surface area (Å²) in [6.45, 7) is 2.35. The Morgan fingerprint density at radius 2 is 2.08 bits per heavy atom. The molecule has 0 aliphatic carbocycles. The largest absolute Gasteiger partial charge is 0.345 e. The van der Waals surface area contributed by atoms with Crippen LogP contribution in [0.4, 0.5) is 16.2 Å². The van der Waals surface area contributed by atoms with Gasteiger partial charge in [-0.1, -0.05) is 6.07 Å². The average molecular weight is 354 g/mol. The molecule has 4 N–H and O–H groups in total. The smallest absolute Gasteiger partial charge is 0.321 e. The van der Waals surface area contributed by atoms with E-state index in [1.54, 1.807) is 31.3 Å². The number of nitrogens with one attached hydrogen (secondary N) is 4. The fourth-order valence-corrected chi connectivity index (χ4v) is 2.53. The lowest BCUT2D eigenvalue weighted by atomic mass is 10.2. The second-order valence-corrected chi connectivity index (χ2v) is 5.56. The van der Waals surface area contributed by atoms with E-state index in [1.165, 1.54) is 17.4 Å². The van der Waals surface area contributed by atoms with Gasteiger partial charge in [0.15, 0.2) is 0 Å². The number of aromatic nitrogens is 3. The SMILES string of the molecule is CCNC(=O)N(C)c1cccc(NC(=O)c2c[nH]c3nc[nH]c(=O)c23)c1. The number of urea groups is 1. The number of benzene rings is 1. The van der Waals surface area contributed by atoms with Crippen LogP contribution in [0.2, 0.25) is 0 Å². The first-order valence-electron chi connectivity index (χ1n) is 7.99. The molecule has 0 fully saturated rings. The molecule has 0 atom stereocenters. The second-order valence-electron chi connectivity index (χ2n) is 5.56. The average Bonchev–Trinajstić information content (AvgIpc) is 3.07. The molecule has 2 aromatic heterocycles. The van der Waals surface area contributed by atoms with Crippen LogP contribution in [0.25, 0.3) is 11.0 Å². The number of aromatic amines is 2. The Balaban J connectivity index is 1.85. The van der Waals surface area contributed by atoms with Crippen molar-refractivity contribution in [2.24, 2.45) is 0 Å². The Labute approximate surface area is 148 Å². The zero-order chi connectivity index (χ0) is 18.7. The van der Waals surface area contributed by atoms with E-state index < -0.39 is 11.5 Å². The summed E-state index contributed by atoms with van der Waals surface area (Å²) in [5.74, 6) is -0.451. The van der Waals surface area contributed by atoms with Crippen LogP contribution in [0.15, 0.2) is 41.6 Å². The van der Waals surface area contributed by atoms with Gasteiger partial charge in [-0.15, -0.1) is 0 Å². The van der Waals surface area contributed by atoms with E-state index in [1.807, 2.05) is 6.92 Å². The van der Waals surface area contributed by atoms with E-state index in [9.17, 15) is 14.4 Å². The molecular formula is C17H18N6O3. The molecule has 9 nitrogen and oxygen atoms in total. The third-order valence-electron chi connectivity index (χ3n) is 3.84. The molecule has 9 heteroatoms. The number of nitrogens with zero attached hydrogens (tertiary/aromatic N) is 2. The minimum Gasteiger partial charge on any atom is -0.345 e. The third-order valence-corrected chi connectivity index (χ3v) is 3.84. The molecule has 2 heterocycles. The number of anilines is 2. The van der Waals surface area contributed by atoms with Gasteiger partial charge in [-0.3, -0.25) is 14.5 Å². The van der Waals surface area contributed by atoms with Crippen LogP contribution in [0.1, 0.15) is 17.3 Å². The summed E-state index contributed by atoms with van der Waals surface area (Å²) in [5, 5.41) is 5.63. The van der Waals surface area contributed by atoms with E-state index in [0.717, 1.165) is 0 Å². The first-order valence-corrected chi connectivity index (χ1v) is 7.99. The van der Waals surface area contributed by atoms with E-state index in [2.05, 4.69) is 25.6 Å². The van der Waals surface area contributed by atoms with E-state index >= 15 is 0 Å². The summed E-state index contributed by atoms with van der Waals surface area (Å²) in [4.78, 5) is 47.1. The molecule has 0 bridgehead atoms. The molecule has 0 spiro atoms. The molecule has 3 aromatic rings. The van der Waals surface area contributed by atoms with Gasteiger partial charge in [0, 0.05) is 31.2 Å². The number of hydrogen-bond acceptors (Lipinski definition) is 4. The van der Waals surface area contributed by atoms with Crippen LogP contribution in [-0.4, -0.2) is 40.5 Å². The summed E-state index contributed by atoms with van der Waals surface area (Å²) in [7, 11) is 1.64. The van der Waals surface area contributed by atoms with Gasteiger partial charge >= 0.3 is 6.03 Å². The maximum atomic E-state index is 12.6. The van der Waals surface area contributed by atoms with Gasteiger partial charge in [0.2, 0.25) is 0 Å². The van der Waals surface area contributed by atoms with Crippen molar-refractivity contribution in [1.82, 2.24) is 20.3 Å². The molecule has 134 valence electrons. The number of fused-ring (bicyclic) bond motifs is 1. The molecule has 3 amide bonds. The second kappa shape index (κ2) is 7.09. The van der Waals surface area contributed by atoms with Crippen molar-refractivity contribution in [2.45, 2.75) is 6.92 Å². The third kappa shape index (κ3) is 3.27. The Morgan fingerprint density at radius 1 is 1.27 bits per heavy atom. The summed E-state index contributed by atoms with van der Waals surface area (Å²) >= 11 is 0. The molecule has 26 heavy (non-hydrogen) atoms. The molecule has 0 aliphatic heterocycles. The maximum Gasteiger partial charge on any atom is 0.321 e. The zero-order valence-electron chi connectivity index (χ0n) is 14.3. The Hall–Kier alpha value is -3.62. The zero-order valence-corrected chi connectivity index (χ0v) is 14.3. The van der Waals surface area contributed by atoms with Gasteiger partial charge in [-0.05, 0) is 25.1 Å². The maximum absolute atomic E-state index is 12.6.